The summed E-state index contributed by atoms with van der Waals surface area (Å²) in [5, 5.41) is 3.51. The molecule has 0 aromatic heterocycles. The third kappa shape index (κ3) is 2.22. The Bertz CT molecular complexity index is 163. The van der Waals surface area contributed by atoms with Crippen LogP contribution < -0.4 is 5.32 Å². The van der Waals surface area contributed by atoms with Crippen molar-refractivity contribution in [3.8, 4) is 0 Å². The van der Waals surface area contributed by atoms with Gasteiger partial charge < -0.3 is 14.8 Å². The SMILES string of the molecule is CCCC1C[C@@H]2OCCO[C@H]2CN1. The maximum Gasteiger partial charge on any atom is 0.0962 e. The van der Waals surface area contributed by atoms with Gasteiger partial charge in [-0.15, -0.1) is 0 Å². The van der Waals surface area contributed by atoms with Crippen molar-refractivity contribution < 1.29 is 9.47 Å². The van der Waals surface area contributed by atoms with Gasteiger partial charge in [0.1, 0.15) is 0 Å². The molecule has 2 aliphatic heterocycles. The topological polar surface area (TPSA) is 30.5 Å². The predicted octanol–water partition coefficient (Wildman–Crippen LogP) is 0.932. The van der Waals surface area contributed by atoms with Crippen LogP contribution in [0.2, 0.25) is 0 Å². The van der Waals surface area contributed by atoms with E-state index in [2.05, 4.69) is 12.2 Å². The van der Waals surface area contributed by atoms with Gasteiger partial charge in [-0.25, -0.2) is 0 Å². The third-order valence-electron chi connectivity index (χ3n) is 2.92. The molecule has 2 rings (SSSR count). The van der Waals surface area contributed by atoms with Gasteiger partial charge in [-0.3, -0.25) is 0 Å². The lowest BCUT2D eigenvalue weighted by atomic mass is 9.96. The number of piperidine rings is 1. The normalized spacial score (nSPS) is 39.9. The van der Waals surface area contributed by atoms with Gasteiger partial charge in [0.05, 0.1) is 25.4 Å². The monoisotopic (exact) mass is 185 g/mol. The molecule has 0 spiro atoms. The fraction of sp³-hybridized carbons (Fsp3) is 1.00. The summed E-state index contributed by atoms with van der Waals surface area (Å²) in [5.41, 5.74) is 0. The zero-order chi connectivity index (χ0) is 9.10. The molecule has 0 aromatic carbocycles. The second kappa shape index (κ2) is 4.40. The average Bonchev–Trinajstić information content (AvgIpc) is 2.18. The molecule has 3 heteroatoms. The first-order valence-corrected chi connectivity index (χ1v) is 5.36. The average molecular weight is 185 g/mol. The molecular weight excluding hydrogens is 166 g/mol. The Morgan fingerprint density at radius 1 is 1.23 bits per heavy atom. The Morgan fingerprint density at radius 3 is 2.77 bits per heavy atom. The highest BCUT2D eigenvalue weighted by atomic mass is 16.6. The second-order valence-electron chi connectivity index (χ2n) is 3.95. The van der Waals surface area contributed by atoms with Gasteiger partial charge in [0.2, 0.25) is 0 Å². The van der Waals surface area contributed by atoms with Gasteiger partial charge in [0.25, 0.3) is 0 Å². The van der Waals surface area contributed by atoms with Crippen LogP contribution in [0.1, 0.15) is 26.2 Å². The molecule has 0 aliphatic carbocycles. The van der Waals surface area contributed by atoms with Gasteiger partial charge in [0, 0.05) is 12.6 Å². The van der Waals surface area contributed by atoms with E-state index in [4.69, 9.17) is 9.47 Å². The molecule has 0 saturated carbocycles. The Labute approximate surface area is 79.8 Å². The van der Waals surface area contributed by atoms with Crippen LogP contribution >= 0.6 is 0 Å². The fourth-order valence-corrected chi connectivity index (χ4v) is 2.24. The first kappa shape index (κ1) is 9.44. The molecular formula is C10H19NO2. The predicted molar refractivity (Wildman–Crippen MR) is 50.8 cm³/mol. The number of hydrogen-bond acceptors (Lipinski definition) is 3. The molecule has 2 saturated heterocycles. The van der Waals surface area contributed by atoms with Crippen molar-refractivity contribution in [1.29, 1.82) is 0 Å². The summed E-state index contributed by atoms with van der Waals surface area (Å²) in [6.45, 7) is 4.74. The highest BCUT2D eigenvalue weighted by Crippen LogP contribution is 2.21. The lowest BCUT2D eigenvalue weighted by molar-refractivity contribution is -0.153. The summed E-state index contributed by atoms with van der Waals surface area (Å²) < 4.78 is 11.3. The minimum Gasteiger partial charge on any atom is -0.373 e. The quantitative estimate of drug-likeness (QED) is 0.694. The molecule has 3 atom stereocenters. The number of fused-ring (bicyclic) bond motifs is 1. The van der Waals surface area contributed by atoms with E-state index in [9.17, 15) is 0 Å². The van der Waals surface area contributed by atoms with Crippen molar-refractivity contribution in [2.75, 3.05) is 19.8 Å². The molecule has 1 unspecified atom stereocenters. The van der Waals surface area contributed by atoms with Gasteiger partial charge in [-0.1, -0.05) is 13.3 Å². The molecule has 0 radical (unpaired) electrons. The van der Waals surface area contributed by atoms with Crippen LogP contribution in [0, 0.1) is 0 Å². The van der Waals surface area contributed by atoms with E-state index < -0.39 is 0 Å². The molecule has 0 amide bonds. The summed E-state index contributed by atoms with van der Waals surface area (Å²) in [7, 11) is 0. The van der Waals surface area contributed by atoms with Crippen molar-refractivity contribution in [1.82, 2.24) is 5.32 Å². The summed E-state index contributed by atoms with van der Waals surface area (Å²) >= 11 is 0. The Balaban J connectivity index is 1.84. The van der Waals surface area contributed by atoms with E-state index in [0.29, 0.717) is 18.2 Å². The fourth-order valence-electron chi connectivity index (χ4n) is 2.24. The summed E-state index contributed by atoms with van der Waals surface area (Å²) in [4.78, 5) is 0. The number of ether oxygens (including phenoxy) is 2. The first-order chi connectivity index (χ1) is 6.40. The van der Waals surface area contributed by atoms with Gasteiger partial charge in [-0.05, 0) is 12.8 Å². The van der Waals surface area contributed by atoms with Crippen molar-refractivity contribution in [3.63, 3.8) is 0 Å². The van der Waals surface area contributed by atoms with Crippen LogP contribution in [-0.4, -0.2) is 38.0 Å². The highest BCUT2D eigenvalue weighted by molar-refractivity contribution is 4.87. The number of hydrogen-bond donors (Lipinski definition) is 1. The van der Waals surface area contributed by atoms with E-state index in [-0.39, 0.29) is 0 Å². The van der Waals surface area contributed by atoms with E-state index in [0.717, 1.165) is 26.2 Å². The number of rotatable bonds is 2. The molecule has 2 heterocycles. The standard InChI is InChI=1S/C10H19NO2/c1-2-3-8-6-9-10(7-11-8)13-5-4-12-9/h8-11H,2-7H2,1H3/t8?,9-,10-/m0/s1. The highest BCUT2D eigenvalue weighted by Gasteiger charge is 2.33. The van der Waals surface area contributed by atoms with Crippen LogP contribution in [0.5, 0.6) is 0 Å². The van der Waals surface area contributed by atoms with Crippen LogP contribution in [0.25, 0.3) is 0 Å². The van der Waals surface area contributed by atoms with Crippen molar-refractivity contribution in [2.24, 2.45) is 0 Å². The molecule has 76 valence electrons. The van der Waals surface area contributed by atoms with Gasteiger partial charge in [0.15, 0.2) is 0 Å². The van der Waals surface area contributed by atoms with Gasteiger partial charge in [-0.2, -0.15) is 0 Å². The second-order valence-corrected chi connectivity index (χ2v) is 3.95. The van der Waals surface area contributed by atoms with E-state index in [1.807, 2.05) is 0 Å². The van der Waals surface area contributed by atoms with Crippen molar-refractivity contribution in [3.05, 3.63) is 0 Å². The van der Waals surface area contributed by atoms with Crippen LogP contribution in [0.4, 0.5) is 0 Å². The molecule has 2 fully saturated rings. The molecule has 3 nitrogen and oxygen atoms in total. The lowest BCUT2D eigenvalue weighted by Crippen LogP contribution is -2.54. The third-order valence-corrected chi connectivity index (χ3v) is 2.92. The minimum atomic E-state index is 0.307. The minimum absolute atomic E-state index is 0.307. The Kier molecular flexibility index (Phi) is 3.19. The van der Waals surface area contributed by atoms with Crippen LogP contribution in [0.3, 0.4) is 0 Å². The largest absolute Gasteiger partial charge is 0.373 e. The number of nitrogens with one attached hydrogen (secondary N) is 1. The zero-order valence-corrected chi connectivity index (χ0v) is 8.29. The Morgan fingerprint density at radius 2 is 2.00 bits per heavy atom. The van der Waals surface area contributed by atoms with E-state index in [1.165, 1.54) is 12.8 Å². The maximum atomic E-state index is 5.69. The smallest absolute Gasteiger partial charge is 0.0962 e. The van der Waals surface area contributed by atoms with Crippen molar-refractivity contribution in [2.45, 2.75) is 44.4 Å². The molecule has 13 heavy (non-hydrogen) atoms. The summed E-state index contributed by atoms with van der Waals surface area (Å²) in [6.07, 6.45) is 4.29. The molecule has 0 aromatic rings. The van der Waals surface area contributed by atoms with E-state index in [1.54, 1.807) is 0 Å². The Hall–Kier alpha value is -0.120. The van der Waals surface area contributed by atoms with Crippen LogP contribution in [-0.2, 0) is 9.47 Å². The zero-order valence-electron chi connectivity index (χ0n) is 8.29. The molecule has 1 N–H and O–H groups in total. The summed E-state index contributed by atoms with van der Waals surface area (Å²) in [5.74, 6) is 0. The maximum absolute atomic E-state index is 5.69. The first-order valence-electron chi connectivity index (χ1n) is 5.36. The molecule has 2 aliphatic rings. The van der Waals surface area contributed by atoms with Gasteiger partial charge >= 0.3 is 0 Å². The molecule has 0 bridgehead atoms. The van der Waals surface area contributed by atoms with Crippen molar-refractivity contribution >= 4 is 0 Å². The van der Waals surface area contributed by atoms with E-state index >= 15 is 0 Å². The van der Waals surface area contributed by atoms with Crippen LogP contribution in [0.15, 0.2) is 0 Å². The lowest BCUT2D eigenvalue weighted by Gasteiger charge is -2.39. The summed E-state index contributed by atoms with van der Waals surface area (Å²) in [6, 6.07) is 0.646.